The van der Waals surface area contributed by atoms with Crippen molar-refractivity contribution in [2.45, 2.75) is 25.4 Å². The molecule has 5 N–H and O–H groups in total. The fraction of sp³-hybridized carbons (Fsp3) is 1.00. The minimum absolute atomic E-state index is 0.00584. The zero-order chi connectivity index (χ0) is 8.69. The highest BCUT2D eigenvalue weighted by atomic mass is 16.5. The van der Waals surface area contributed by atoms with Crippen molar-refractivity contribution in [2.75, 3.05) is 19.8 Å². The summed E-state index contributed by atoms with van der Waals surface area (Å²) in [4.78, 5) is 0. The lowest BCUT2D eigenvalue weighted by Crippen LogP contribution is -2.39. The predicted molar refractivity (Wildman–Crippen MR) is 44.1 cm³/mol. The largest absolute Gasteiger partial charge is 0.394 e. The Balaban J connectivity index is 3.10. The molecule has 0 saturated heterocycles. The fourth-order valence-corrected chi connectivity index (χ4v) is 0.649. The minimum atomic E-state index is -0.00584. The van der Waals surface area contributed by atoms with Crippen LogP contribution in [-0.4, -0.2) is 37.0 Å². The van der Waals surface area contributed by atoms with E-state index in [2.05, 4.69) is 0 Å². The van der Waals surface area contributed by atoms with Crippen LogP contribution in [-0.2, 0) is 4.74 Å². The van der Waals surface area contributed by atoms with Gasteiger partial charge in [0.2, 0.25) is 0 Å². The summed E-state index contributed by atoms with van der Waals surface area (Å²) in [7, 11) is 0. The van der Waals surface area contributed by atoms with Gasteiger partial charge in [0, 0.05) is 18.7 Å². The lowest BCUT2D eigenvalue weighted by Gasteiger charge is -2.14. The van der Waals surface area contributed by atoms with Crippen molar-refractivity contribution in [1.29, 1.82) is 0 Å². The molecule has 0 bridgehead atoms. The van der Waals surface area contributed by atoms with Gasteiger partial charge in [-0.05, 0) is 13.3 Å². The average Bonchev–Trinajstić information content (AvgIpc) is 1.97. The van der Waals surface area contributed by atoms with E-state index in [0.29, 0.717) is 13.2 Å². The van der Waals surface area contributed by atoms with Crippen LogP contribution in [0, 0.1) is 0 Å². The summed E-state index contributed by atoms with van der Waals surface area (Å²) in [6.45, 7) is 2.89. The molecule has 2 atom stereocenters. The van der Waals surface area contributed by atoms with E-state index in [-0.39, 0.29) is 18.7 Å². The Bertz CT molecular complexity index is 88.5. The van der Waals surface area contributed by atoms with Crippen molar-refractivity contribution in [3.8, 4) is 0 Å². The molecule has 68 valence electrons. The third-order valence-electron chi connectivity index (χ3n) is 1.51. The molecule has 2 unspecified atom stereocenters. The normalized spacial score (nSPS) is 16.4. The smallest absolute Gasteiger partial charge is 0.0697 e. The first-order chi connectivity index (χ1) is 5.18. The van der Waals surface area contributed by atoms with Crippen LogP contribution in [0.5, 0.6) is 0 Å². The van der Waals surface area contributed by atoms with Gasteiger partial charge >= 0.3 is 0 Å². The SMILES string of the molecule is CC(N)C(N)CCOCCO. The molecule has 0 aliphatic carbocycles. The number of aliphatic hydroxyl groups excluding tert-OH is 1. The average molecular weight is 162 g/mol. The number of rotatable bonds is 6. The third kappa shape index (κ3) is 6.25. The quantitative estimate of drug-likeness (QED) is 0.440. The van der Waals surface area contributed by atoms with Gasteiger partial charge in [-0.1, -0.05) is 0 Å². The lowest BCUT2D eigenvalue weighted by molar-refractivity contribution is 0.0867. The van der Waals surface area contributed by atoms with Crippen LogP contribution in [0.3, 0.4) is 0 Å². The highest BCUT2D eigenvalue weighted by molar-refractivity contribution is 4.70. The molecule has 0 aromatic heterocycles. The van der Waals surface area contributed by atoms with Gasteiger partial charge in [-0.25, -0.2) is 0 Å². The van der Waals surface area contributed by atoms with Crippen molar-refractivity contribution in [3.05, 3.63) is 0 Å². The molecule has 0 aliphatic heterocycles. The molecule has 0 aliphatic rings. The summed E-state index contributed by atoms with van der Waals surface area (Å²) in [5.41, 5.74) is 11.2. The molecule has 0 saturated carbocycles. The van der Waals surface area contributed by atoms with Crippen LogP contribution in [0.15, 0.2) is 0 Å². The zero-order valence-corrected chi connectivity index (χ0v) is 6.99. The van der Waals surface area contributed by atoms with E-state index in [9.17, 15) is 0 Å². The van der Waals surface area contributed by atoms with E-state index in [4.69, 9.17) is 21.3 Å². The molecule has 0 radical (unpaired) electrons. The molecule has 11 heavy (non-hydrogen) atoms. The van der Waals surface area contributed by atoms with Gasteiger partial charge in [-0.15, -0.1) is 0 Å². The molecular formula is C7H18N2O2. The van der Waals surface area contributed by atoms with Gasteiger partial charge < -0.3 is 21.3 Å². The Morgan fingerprint density at radius 1 is 1.36 bits per heavy atom. The highest BCUT2D eigenvalue weighted by Gasteiger charge is 2.06. The molecule has 0 aromatic rings. The molecule has 0 rings (SSSR count). The Kier molecular flexibility index (Phi) is 6.45. The Hall–Kier alpha value is -0.160. The second kappa shape index (κ2) is 6.54. The summed E-state index contributed by atoms with van der Waals surface area (Å²) in [5.74, 6) is 0. The standard InChI is InChI=1S/C7H18N2O2/c1-6(8)7(9)2-4-11-5-3-10/h6-7,10H,2-5,8-9H2,1H3. The van der Waals surface area contributed by atoms with Crippen molar-refractivity contribution >= 4 is 0 Å². The number of ether oxygens (including phenoxy) is 1. The summed E-state index contributed by atoms with van der Waals surface area (Å²) < 4.78 is 5.02. The van der Waals surface area contributed by atoms with E-state index in [1.165, 1.54) is 0 Å². The van der Waals surface area contributed by atoms with E-state index in [1.54, 1.807) is 0 Å². The molecule has 0 spiro atoms. The number of nitrogens with two attached hydrogens (primary N) is 2. The Morgan fingerprint density at radius 3 is 2.45 bits per heavy atom. The predicted octanol–water partition coefficient (Wildman–Crippen LogP) is -0.940. The van der Waals surface area contributed by atoms with E-state index >= 15 is 0 Å². The maximum absolute atomic E-state index is 8.36. The van der Waals surface area contributed by atoms with Gasteiger partial charge in [-0.3, -0.25) is 0 Å². The van der Waals surface area contributed by atoms with E-state index in [0.717, 1.165) is 6.42 Å². The molecular weight excluding hydrogens is 144 g/mol. The molecule has 0 amide bonds. The van der Waals surface area contributed by atoms with Gasteiger partial charge in [0.1, 0.15) is 0 Å². The van der Waals surface area contributed by atoms with Crippen molar-refractivity contribution in [1.82, 2.24) is 0 Å². The summed E-state index contributed by atoms with van der Waals surface area (Å²) in [5, 5.41) is 8.36. The lowest BCUT2D eigenvalue weighted by atomic mass is 10.1. The van der Waals surface area contributed by atoms with Crippen LogP contribution in [0.25, 0.3) is 0 Å². The summed E-state index contributed by atoms with van der Waals surface area (Å²) in [6.07, 6.45) is 0.748. The maximum Gasteiger partial charge on any atom is 0.0697 e. The van der Waals surface area contributed by atoms with E-state index in [1.807, 2.05) is 6.92 Å². The number of hydrogen-bond acceptors (Lipinski definition) is 4. The van der Waals surface area contributed by atoms with Crippen LogP contribution in [0.2, 0.25) is 0 Å². The van der Waals surface area contributed by atoms with Crippen molar-refractivity contribution < 1.29 is 9.84 Å². The Labute approximate surface area is 67.5 Å². The molecule has 0 aromatic carbocycles. The topological polar surface area (TPSA) is 81.5 Å². The minimum Gasteiger partial charge on any atom is -0.394 e. The first-order valence-electron chi connectivity index (χ1n) is 3.88. The van der Waals surface area contributed by atoms with Crippen LogP contribution < -0.4 is 11.5 Å². The van der Waals surface area contributed by atoms with Gasteiger partial charge in [0.15, 0.2) is 0 Å². The first-order valence-corrected chi connectivity index (χ1v) is 3.88. The van der Waals surface area contributed by atoms with Gasteiger partial charge in [0.05, 0.1) is 13.2 Å². The number of aliphatic hydroxyl groups is 1. The molecule has 0 fully saturated rings. The zero-order valence-electron chi connectivity index (χ0n) is 6.99. The van der Waals surface area contributed by atoms with Crippen LogP contribution in [0.1, 0.15) is 13.3 Å². The summed E-state index contributed by atoms with van der Waals surface area (Å²) in [6, 6.07) is 0.00131. The van der Waals surface area contributed by atoms with Crippen molar-refractivity contribution in [2.24, 2.45) is 11.5 Å². The van der Waals surface area contributed by atoms with Crippen LogP contribution in [0.4, 0.5) is 0 Å². The Morgan fingerprint density at radius 2 is 2.00 bits per heavy atom. The number of hydrogen-bond donors (Lipinski definition) is 3. The third-order valence-corrected chi connectivity index (χ3v) is 1.51. The molecule has 4 heteroatoms. The van der Waals surface area contributed by atoms with E-state index < -0.39 is 0 Å². The second-order valence-electron chi connectivity index (χ2n) is 2.65. The molecule has 0 heterocycles. The first kappa shape index (κ1) is 10.8. The monoisotopic (exact) mass is 162 g/mol. The molecule has 4 nitrogen and oxygen atoms in total. The maximum atomic E-state index is 8.36. The highest BCUT2D eigenvalue weighted by Crippen LogP contribution is 1.92. The second-order valence-corrected chi connectivity index (χ2v) is 2.65. The fourth-order valence-electron chi connectivity index (χ4n) is 0.649. The van der Waals surface area contributed by atoms with Crippen LogP contribution >= 0.6 is 0 Å². The van der Waals surface area contributed by atoms with Gasteiger partial charge in [0.25, 0.3) is 0 Å². The van der Waals surface area contributed by atoms with Gasteiger partial charge in [-0.2, -0.15) is 0 Å². The summed E-state index contributed by atoms with van der Waals surface area (Å²) >= 11 is 0. The van der Waals surface area contributed by atoms with Crippen molar-refractivity contribution in [3.63, 3.8) is 0 Å².